The number of hydrogen-bond acceptors (Lipinski definition) is 5. The van der Waals surface area contributed by atoms with Gasteiger partial charge < -0.3 is 5.32 Å². The summed E-state index contributed by atoms with van der Waals surface area (Å²) in [5.41, 5.74) is -0.861. The molecule has 0 saturated carbocycles. The first-order valence-electron chi connectivity index (χ1n) is 4.37. The molecule has 1 rings (SSSR count). The van der Waals surface area contributed by atoms with E-state index < -0.39 is 5.54 Å². The van der Waals surface area contributed by atoms with Crippen molar-refractivity contribution in [3.8, 4) is 6.07 Å². The minimum Gasteiger partial charge on any atom is -0.302 e. The summed E-state index contributed by atoms with van der Waals surface area (Å²) in [7, 11) is 3.37. The van der Waals surface area contributed by atoms with Crippen molar-refractivity contribution in [3.63, 3.8) is 0 Å². The molecule has 0 bridgehead atoms. The zero-order valence-corrected chi connectivity index (χ0v) is 9.68. The highest BCUT2D eigenvalue weighted by Gasteiger charge is 2.22. The molecule has 1 unspecified atom stereocenters. The summed E-state index contributed by atoms with van der Waals surface area (Å²) in [6.45, 7) is 1.80. The predicted octanol–water partition coefficient (Wildman–Crippen LogP) is -0.298. The lowest BCUT2D eigenvalue weighted by atomic mass is 10.1. The quantitative estimate of drug-likeness (QED) is 0.690. The fourth-order valence-corrected chi connectivity index (χ4v) is 1.84. The van der Waals surface area contributed by atoms with E-state index in [-0.39, 0.29) is 5.69 Å². The Morgan fingerprint density at radius 2 is 2.47 bits per heavy atom. The average molecular weight is 227 g/mol. The number of aromatic amines is 1. The zero-order valence-electron chi connectivity index (χ0n) is 8.87. The second kappa shape index (κ2) is 4.51. The first kappa shape index (κ1) is 11.8. The van der Waals surface area contributed by atoms with Gasteiger partial charge in [-0.05, 0) is 14.0 Å². The van der Waals surface area contributed by atoms with E-state index in [0.29, 0.717) is 10.9 Å². The van der Waals surface area contributed by atoms with Crippen molar-refractivity contribution in [2.24, 2.45) is 7.05 Å². The van der Waals surface area contributed by atoms with E-state index in [2.05, 4.69) is 21.6 Å². The Hall–Kier alpha value is -1.26. The third-order valence-corrected chi connectivity index (χ3v) is 3.47. The predicted molar refractivity (Wildman–Crippen MR) is 57.6 cm³/mol. The number of nitriles is 1. The van der Waals surface area contributed by atoms with Gasteiger partial charge in [-0.3, -0.25) is 4.57 Å². The van der Waals surface area contributed by atoms with Crippen LogP contribution in [-0.4, -0.2) is 33.1 Å². The van der Waals surface area contributed by atoms with Crippen LogP contribution in [0.25, 0.3) is 0 Å². The Morgan fingerprint density at radius 3 is 2.87 bits per heavy atom. The number of thioether (sulfide) groups is 1. The molecule has 0 aliphatic rings. The summed E-state index contributed by atoms with van der Waals surface area (Å²) >= 11 is 1.36. The molecule has 0 radical (unpaired) electrons. The van der Waals surface area contributed by atoms with E-state index in [1.54, 1.807) is 21.0 Å². The minimum atomic E-state index is -0.611. The van der Waals surface area contributed by atoms with Gasteiger partial charge in [-0.15, -0.1) is 5.10 Å². The molecule has 1 heterocycles. The van der Waals surface area contributed by atoms with Crippen molar-refractivity contribution >= 4 is 11.8 Å². The summed E-state index contributed by atoms with van der Waals surface area (Å²) in [6.07, 6.45) is 0. The Bertz CT molecular complexity index is 431. The van der Waals surface area contributed by atoms with Gasteiger partial charge in [0.05, 0.1) is 6.07 Å². The normalized spacial score (nSPS) is 14.5. The van der Waals surface area contributed by atoms with E-state index in [1.807, 2.05) is 0 Å². The fourth-order valence-electron chi connectivity index (χ4n) is 0.831. The molecular weight excluding hydrogens is 214 g/mol. The van der Waals surface area contributed by atoms with Gasteiger partial charge in [-0.2, -0.15) is 5.26 Å². The molecule has 1 aromatic rings. The van der Waals surface area contributed by atoms with E-state index in [1.165, 1.54) is 16.3 Å². The number of nitrogens with one attached hydrogen (secondary N) is 2. The first-order valence-corrected chi connectivity index (χ1v) is 5.35. The first-order chi connectivity index (χ1) is 7.02. The van der Waals surface area contributed by atoms with E-state index in [4.69, 9.17) is 5.26 Å². The van der Waals surface area contributed by atoms with Gasteiger partial charge in [0.15, 0.2) is 5.16 Å². The molecule has 0 spiro atoms. The lowest BCUT2D eigenvalue weighted by Gasteiger charge is -2.19. The molecule has 6 nitrogen and oxygen atoms in total. The van der Waals surface area contributed by atoms with Crippen LogP contribution in [0.1, 0.15) is 6.92 Å². The Balaban J connectivity index is 2.70. The van der Waals surface area contributed by atoms with E-state index in [0.717, 1.165) is 0 Å². The highest BCUT2D eigenvalue weighted by Crippen LogP contribution is 2.18. The molecule has 0 fully saturated rings. The van der Waals surface area contributed by atoms with Crippen LogP contribution < -0.4 is 11.0 Å². The smallest absolute Gasteiger partial charge is 0.302 e. The van der Waals surface area contributed by atoms with Gasteiger partial charge in [0, 0.05) is 12.8 Å². The lowest BCUT2D eigenvalue weighted by Crippen LogP contribution is -2.40. The fraction of sp³-hybridized carbons (Fsp3) is 0.625. The maximum atomic E-state index is 11.1. The van der Waals surface area contributed by atoms with Crippen molar-refractivity contribution in [2.45, 2.75) is 17.6 Å². The lowest BCUT2D eigenvalue weighted by molar-refractivity contribution is 0.549. The Morgan fingerprint density at radius 1 is 1.80 bits per heavy atom. The van der Waals surface area contributed by atoms with Gasteiger partial charge in [0.1, 0.15) is 5.54 Å². The van der Waals surface area contributed by atoms with Crippen molar-refractivity contribution in [3.05, 3.63) is 10.5 Å². The van der Waals surface area contributed by atoms with Gasteiger partial charge >= 0.3 is 5.69 Å². The molecule has 0 amide bonds. The van der Waals surface area contributed by atoms with Crippen LogP contribution in [0.15, 0.2) is 9.95 Å². The summed E-state index contributed by atoms with van der Waals surface area (Å²) in [6, 6.07) is 2.17. The monoisotopic (exact) mass is 227 g/mol. The van der Waals surface area contributed by atoms with Crippen molar-refractivity contribution in [2.75, 3.05) is 12.8 Å². The SMILES string of the molecule is CNC(C)(C#N)CSc1n[nH]c(=O)n1C. The molecule has 82 valence electrons. The van der Waals surface area contributed by atoms with Gasteiger partial charge in [0.2, 0.25) is 0 Å². The molecule has 0 saturated heterocycles. The topological polar surface area (TPSA) is 86.5 Å². The van der Waals surface area contributed by atoms with Crippen LogP contribution in [-0.2, 0) is 7.05 Å². The summed E-state index contributed by atoms with van der Waals surface area (Å²) in [5, 5.41) is 18.6. The maximum Gasteiger partial charge on any atom is 0.343 e. The highest BCUT2D eigenvalue weighted by molar-refractivity contribution is 7.99. The second-order valence-electron chi connectivity index (χ2n) is 3.35. The molecule has 2 N–H and O–H groups in total. The maximum absolute atomic E-state index is 11.1. The van der Waals surface area contributed by atoms with Crippen molar-refractivity contribution < 1.29 is 0 Å². The van der Waals surface area contributed by atoms with E-state index in [9.17, 15) is 4.79 Å². The van der Waals surface area contributed by atoms with E-state index >= 15 is 0 Å². The third kappa shape index (κ3) is 2.61. The van der Waals surface area contributed by atoms with Crippen LogP contribution in [0.4, 0.5) is 0 Å². The number of nitrogens with zero attached hydrogens (tertiary/aromatic N) is 3. The minimum absolute atomic E-state index is 0.249. The molecule has 0 aliphatic heterocycles. The number of hydrogen-bond donors (Lipinski definition) is 2. The molecular formula is C8H13N5OS. The molecule has 15 heavy (non-hydrogen) atoms. The molecule has 1 atom stereocenters. The summed E-state index contributed by atoms with van der Waals surface area (Å²) in [4.78, 5) is 11.1. The van der Waals surface area contributed by atoms with Gasteiger partial charge in [0.25, 0.3) is 0 Å². The van der Waals surface area contributed by atoms with Crippen LogP contribution >= 0.6 is 11.8 Å². The van der Waals surface area contributed by atoms with Crippen molar-refractivity contribution in [1.29, 1.82) is 5.26 Å². The third-order valence-electron chi connectivity index (χ3n) is 2.13. The van der Waals surface area contributed by atoms with Crippen LogP contribution in [0.5, 0.6) is 0 Å². The van der Waals surface area contributed by atoms with Crippen LogP contribution in [0.2, 0.25) is 0 Å². The number of rotatable bonds is 4. The highest BCUT2D eigenvalue weighted by atomic mass is 32.2. The molecule has 0 aromatic carbocycles. The second-order valence-corrected chi connectivity index (χ2v) is 4.30. The molecule has 0 aliphatic carbocycles. The van der Waals surface area contributed by atoms with Gasteiger partial charge in [-0.25, -0.2) is 9.89 Å². The van der Waals surface area contributed by atoms with Crippen LogP contribution in [0, 0.1) is 11.3 Å². The zero-order chi connectivity index (χ0) is 11.5. The number of H-pyrrole nitrogens is 1. The molecule has 7 heteroatoms. The van der Waals surface area contributed by atoms with Crippen molar-refractivity contribution in [1.82, 2.24) is 20.1 Å². The Labute approximate surface area is 91.7 Å². The standard InChI is InChI=1S/C8H13N5OS/c1-8(4-9,10-2)5-15-7-12-11-6(14)13(7)3/h10H,5H2,1-3H3,(H,11,14). The summed E-state index contributed by atoms with van der Waals surface area (Å²) < 4.78 is 1.41. The largest absolute Gasteiger partial charge is 0.343 e. The van der Waals surface area contributed by atoms with Crippen LogP contribution in [0.3, 0.4) is 0 Å². The average Bonchev–Trinajstić information content (AvgIpc) is 2.57. The summed E-state index contributed by atoms with van der Waals surface area (Å²) in [5.74, 6) is 0.526. The Kier molecular flexibility index (Phi) is 3.55. The number of aromatic nitrogens is 3. The molecule has 1 aromatic heterocycles. The van der Waals surface area contributed by atoms with Gasteiger partial charge in [-0.1, -0.05) is 11.8 Å².